The molecule has 3 N–H and O–H groups in total. The zero-order valence-corrected chi connectivity index (χ0v) is 11.4. The summed E-state index contributed by atoms with van der Waals surface area (Å²) in [7, 11) is 0. The van der Waals surface area contributed by atoms with Crippen LogP contribution in [0.15, 0.2) is 0 Å². The molecule has 1 unspecified atom stereocenters. The van der Waals surface area contributed by atoms with E-state index in [0.29, 0.717) is 0 Å². The quantitative estimate of drug-likeness (QED) is 0.709. The summed E-state index contributed by atoms with van der Waals surface area (Å²) in [5.74, 6) is 0.116. The molecule has 1 aliphatic carbocycles. The van der Waals surface area contributed by atoms with Crippen molar-refractivity contribution < 1.29 is 9.90 Å². The largest absolute Gasteiger partial charge is 0.394 e. The van der Waals surface area contributed by atoms with Gasteiger partial charge in [0.2, 0.25) is 5.91 Å². The minimum absolute atomic E-state index is 0.0717. The third-order valence-corrected chi connectivity index (χ3v) is 4.64. The molecule has 0 spiro atoms. The molecule has 0 bridgehead atoms. The fourth-order valence-electron chi connectivity index (χ4n) is 3.19. The SMILES string of the molecule is CC1(C(=O)NC2(CO)CCCCC2)CCCNC1. The molecule has 0 radical (unpaired) electrons. The van der Waals surface area contributed by atoms with Crippen molar-refractivity contribution in [1.29, 1.82) is 0 Å². The number of aliphatic hydroxyl groups is 1. The molecule has 18 heavy (non-hydrogen) atoms. The predicted octanol–water partition coefficient (Wildman–Crippen LogP) is 1.19. The summed E-state index contributed by atoms with van der Waals surface area (Å²) in [5.41, 5.74) is -0.659. The summed E-state index contributed by atoms with van der Waals surface area (Å²) >= 11 is 0. The Balaban J connectivity index is 2.00. The van der Waals surface area contributed by atoms with Crippen molar-refractivity contribution in [1.82, 2.24) is 10.6 Å². The van der Waals surface area contributed by atoms with Gasteiger partial charge in [0, 0.05) is 6.54 Å². The zero-order valence-electron chi connectivity index (χ0n) is 11.4. The van der Waals surface area contributed by atoms with E-state index in [9.17, 15) is 9.90 Å². The number of hydrogen-bond donors (Lipinski definition) is 3. The van der Waals surface area contributed by atoms with E-state index in [1.54, 1.807) is 0 Å². The van der Waals surface area contributed by atoms with Crippen LogP contribution in [0.5, 0.6) is 0 Å². The van der Waals surface area contributed by atoms with E-state index in [-0.39, 0.29) is 23.5 Å². The van der Waals surface area contributed by atoms with Crippen molar-refractivity contribution in [3.05, 3.63) is 0 Å². The highest BCUT2D eigenvalue weighted by Gasteiger charge is 2.40. The average Bonchev–Trinajstić information content (AvgIpc) is 2.40. The van der Waals surface area contributed by atoms with E-state index in [0.717, 1.165) is 51.6 Å². The van der Waals surface area contributed by atoms with E-state index in [1.807, 2.05) is 6.92 Å². The van der Waals surface area contributed by atoms with Gasteiger partial charge in [0.1, 0.15) is 0 Å². The fraction of sp³-hybridized carbons (Fsp3) is 0.929. The second-order valence-corrected chi connectivity index (χ2v) is 6.29. The molecule has 1 saturated carbocycles. The Kier molecular flexibility index (Phi) is 4.28. The van der Waals surface area contributed by atoms with Gasteiger partial charge in [-0.05, 0) is 39.2 Å². The first-order chi connectivity index (χ1) is 8.60. The maximum absolute atomic E-state index is 12.5. The Morgan fingerprint density at radius 2 is 1.94 bits per heavy atom. The highest BCUT2D eigenvalue weighted by Crippen LogP contribution is 2.31. The maximum Gasteiger partial charge on any atom is 0.227 e. The van der Waals surface area contributed by atoms with Gasteiger partial charge in [-0.15, -0.1) is 0 Å². The van der Waals surface area contributed by atoms with Crippen LogP contribution in [0.3, 0.4) is 0 Å². The van der Waals surface area contributed by atoms with Crippen molar-refractivity contribution in [2.45, 2.75) is 57.4 Å². The van der Waals surface area contributed by atoms with Crippen LogP contribution in [0.1, 0.15) is 51.9 Å². The Labute approximate surface area is 110 Å². The highest BCUT2D eigenvalue weighted by atomic mass is 16.3. The molecule has 4 heteroatoms. The molecular formula is C14H26N2O2. The Morgan fingerprint density at radius 3 is 2.50 bits per heavy atom. The van der Waals surface area contributed by atoms with E-state index in [4.69, 9.17) is 0 Å². The number of carbonyl (C=O) groups excluding carboxylic acids is 1. The normalized spacial score (nSPS) is 31.9. The minimum Gasteiger partial charge on any atom is -0.394 e. The molecule has 2 aliphatic rings. The van der Waals surface area contributed by atoms with Crippen molar-refractivity contribution in [3.8, 4) is 0 Å². The lowest BCUT2D eigenvalue weighted by atomic mass is 9.78. The summed E-state index contributed by atoms with van der Waals surface area (Å²) in [4.78, 5) is 12.5. The molecule has 1 atom stereocenters. The van der Waals surface area contributed by atoms with Crippen LogP contribution in [-0.4, -0.2) is 36.2 Å². The summed E-state index contributed by atoms with van der Waals surface area (Å²) in [6.45, 7) is 3.86. The van der Waals surface area contributed by atoms with Gasteiger partial charge in [-0.3, -0.25) is 4.79 Å². The van der Waals surface area contributed by atoms with Gasteiger partial charge >= 0.3 is 0 Å². The third kappa shape index (κ3) is 2.86. The molecule has 0 aromatic heterocycles. The molecule has 2 rings (SSSR count). The van der Waals surface area contributed by atoms with Crippen LogP contribution in [-0.2, 0) is 4.79 Å². The van der Waals surface area contributed by atoms with Gasteiger partial charge in [-0.2, -0.15) is 0 Å². The van der Waals surface area contributed by atoms with Gasteiger partial charge in [0.25, 0.3) is 0 Å². The first-order valence-corrected chi connectivity index (χ1v) is 7.25. The van der Waals surface area contributed by atoms with Crippen LogP contribution in [0.4, 0.5) is 0 Å². The second kappa shape index (κ2) is 5.57. The van der Waals surface area contributed by atoms with Crippen LogP contribution in [0.25, 0.3) is 0 Å². The summed E-state index contributed by atoms with van der Waals surface area (Å²) in [5, 5.41) is 16.1. The Morgan fingerprint density at radius 1 is 1.22 bits per heavy atom. The topological polar surface area (TPSA) is 61.4 Å². The molecule has 0 aromatic rings. The van der Waals surface area contributed by atoms with Crippen molar-refractivity contribution >= 4 is 5.91 Å². The van der Waals surface area contributed by atoms with Crippen molar-refractivity contribution in [2.75, 3.05) is 19.7 Å². The van der Waals surface area contributed by atoms with Gasteiger partial charge in [-0.25, -0.2) is 0 Å². The van der Waals surface area contributed by atoms with Crippen molar-refractivity contribution in [3.63, 3.8) is 0 Å². The van der Waals surface area contributed by atoms with Gasteiger partial charge in [0.05, 0.1) is 17.6 Å². The van der Waals surface area contributed by atoms with E-state index in [2.05, 4.69) is 10.6 Å². The molecule has 2 fully saturated rings. The molecule has 4 nitrogen and oxygen atoms in total. The molecule has 104 valence electrons. The van der Waals surface area contributed by atoms with Crippen LogP contribution in [0.2, 0.25) is 0 Å². The van der Waals surface area contributed by atoms with Gasteiger partial charge in [0.15, 0.2) is 0 Å². The molecule has 1 heterocycles. The Bertz CT molecular complexity index is 292. The first kappa shape index (κ1) is 13.8. The molecule has 1 aliphatic heterocycles. The summed E-state index contributed by atoms with van der Waals surface area (Å²) in [6, 6.07) is 0. The van der Waals surface area contributed by atoms with Crippen LogP contribution < -0.4 is 10.6 Å². The van der Waals surface area contributed by atoms with Crippen molar-refractivity contribution in [2.24, 2.45) is 5.41 Å². The smallest absolute Gasteiger partial charge is 0.227 e. The van der Waals surface area contributed by atoms with Crippen LogP contribution in [0, 0.1) is 5.41 Å². The Hall–Kier alpha value is -0.610. The number of hydrogen-bond acceptors (Lipinski definition) is 3. The number of carbonyl (C=O) groups is 1. The lowest BCUT2D eigenvalue weighted by Crippen LogP contribution is -2.58. The van der Waals surface area contributed by atoms with Gasteiger partial charge < -0.3 is 15.7 Å². The third-order valence-electron chi connectivity index (χ3n) is 4.64. The minimum atomic E-state index is -0.351. The zero-order chi connectivity index (χ0) is 13.1. The summed E-state index contributed by atoms with van der Waals surface area (Å²) in [6.07, 6.45) is 7.25. The number of amides is 1. The second-order valence-electron chi connectivity index (χ2n) is 6.29. The summed E-state index contributed by atoms with van der Waals surface area (Å²) < 4.78 is 0. The molecule has 1 amide bonds. The molecular weight excluding hydrogens is 228 g/mol. The lowest BCUT2D eigenvalue weighted by molar-refractivity contribution is -0.134. The van der Waals surface area contributed by atoms with Gasteiger partial charge in [-0.1, -0.05) is 19.3 Å². The average molecular weight is 254 g/mol. The fourth-order valence-corrected chi connectivity index (χ4v) is 3.19. The highest BCUT2D eigenvalue weighted by molar-refractivity contribution is 5.83. The van der Waals surface area contributed by atoms with Crippen LogP contribution >= 0.6 is 0 Å². The lowest BCUT2D eigenvalue weighted by Gasteiger charge is -2.41. The van der Waals surface area contributed by atoms with E-state index < -0.39 is 0 Å². The molecule has 0 aromatic carbocycles. The monoisotopic (exact) mass is 254 g/mol. The number of nitrogens with one attached hydrogen (secondary N) is 2. The first-order valence-electron chi connectivity index (χ1n) is 7.25. The standard InChI is InChI=1S/C14H26N2O2/c1-13(6-5-9-15-10-13)12(18)16-14(11-17)7-3-2-4-8-14/h15,17H,2-11H2,1H3,(H,16,18). The maximum atomic E-state index is 12.5. The molecule has 1 saturated heterocycles. The number of piperidine rings is 1. The van der Waals surface area contributed by atoms with E-state index >= 15 is 0 Å². The predicted molar refractivity (Wildman–Crippen MR) is 71.3 cm³/mol. The van der Waals surface area contributed by atoms with E-state index in [1.165, 1.54) is 6.42 Å². The number of rotatable bonds is 3. The number of aliphatic hydroxyl groups excluding tert-OH is 1.